The van der Waals surface area contributed by atoms with Crippen molar-refractivity contribution in [2.75, 3.05) is 0 Å². The fourth-order valence-electron chi connectivity index (χ4n) is 8.03. The predicted molar refractivity (Wildman–Crippen MR) is 225 cm³/mol. The molecule has 0 unspecified atom stereocenters. The predicted octanol–water partition coefficient (Wildman–Crippen LogP) is 13.3. The largest absolute Gasteiger partial charge is 0.304 e. The molecule has 0 aliphatic heterocycles. The Labute approximate surface area is 349 Å². The molecule has 0 atom stereocenters. The van der Waals surface area contributed by atoms with Crippen LogP contribution in [0.5, 0.6) is 0 Å². The van der Waals surface area contributed by atoms with E-state index in [0.717, 1.165) is 57.3 Å². The summed E-state index contributed by atoms with van der Waals surface area (Å²) in [5.41, 5.74) is 14.5. The smallest absolute Gasteiger partial charge is 0.0280 e. The quantitative estimate of drug-likeness (QED) is 0.135. The van der Waals surface area contributed by atoms with Gasteiger partial charge in [-0.15, -0.1) is 65.2 Å². The number of hydrogen-bond acceptors (Lipinski definition) is 2. The molecular formula is C52H48IrN2-2. The normalized spacial score (nSPS) is 15.7. The molecule has 0 spiro atoms. The first-order chi connectivity index (χ1) is 28.7. The van der Waals surface area contributed by atoms with Gasteiger partial charge in [0.2, 0.25) is 0 Å². The SMILES string of the molecule is [2H]C([2H])([2H])c1ccc(-c2[c-]cc(CCc3cc(C)cc(-c4ccccc4-c4c[c-]c(-c5cc(-c6ccc(C7(C)CCCCC7)cc6)c(C([2H])([2H])[2H])cn5)cc4)c3)cc2)nc1.[Ir]. The van der Waals surface area contributed by atoms with Crippen LogP contribution in [0.4, 0.5) is 0 Å². The number of hydrogen-bond donors (Lipinski definition) is 0. The summed E-state index contributed by atoms with van der Waals surface area (Å²) in [6.45, 7) is 0.0120. The molecule has 1 radical (unpaired) electrons. The van der Waals surface area contributed by atoms with Crippen LogP contribution in [0.2, 0.25) is 0 Å². The molecule has 277 valence electrons. The molecule has 0 amide bonds. The number of aromatic nitrogens is 2. The van der Waals surface area contributed by atoms with Gasteiger partial charge in [-0.05, 0) is 101 Å². The maximum absolute atomic E-state index is 8.30. The fourth-order valence-corrected chi connectivity index (χ4v) is 8.03. The number of pyridine rings is 2. The number of nitrogens with zero attached hydrogens (tertiary/aromatic N) is 2. The van der Waals surface area contributed by atoms with E-state index in [0.29, 0.717) is 17.0 Å². The van der Waals surface area contributed by atoms with E-state index in [1.807, 2.05) is 30.3 Å². The van der Waals surface area contributed by atoms with E-state index in [-0.39, 0.29) is 36.6 Å². The summed E-state index contributed by atoms with van der Waals surface area (Å²) in [6, 6.07) is 47.9. The third-order valence-electron chi connectivity index (χ3n) is 11.1. The van der Waals surface area contributed by atoms with Crippen LogP contribution in [0.15, 0.2) is 134 Å². The summed E-state index contributed by atoms with van der Waals surface area (Å²) < 4.78 is 47.7. The molecule has 1 saturated carbocycles. The molecule has 7 aromatic rings. The minimum absolute atomic E-state index is 0. The van der Waals surface area contributed by atoms with Gasteiger partial charge in [-0.2, -0.15) is 0 Å². The zero-order valence-corrected chi connectivity index (χ0v) is 33.8. The van der Waals surface area contributed by atoms with Gasteiger partial charge >= 0.3 is 0 Å². The fraction of sp³-hybridized carbons (Fsp3) is 0.231. The number of aryl methyl sites for hydroxylation is 5. The Kier molecular flexibility index (Phi) is 9.57. The van der Waals surface area contributed by atoms with Crippen molar-refractivity contribution >= 4 is 0 Å². The molecule has 2 heterocycles. The monoisotopic (exact) mass is 899 g/mol. The Morgan fingerprint density at radius 3 is 2.00 bits per heavy atom. The molecule has 3 heteroatoms. The molecule has 1 aliphatic rings. The van der Waals surface area contributed by atoms with Crippen LogP contribution >= 0.6 is 0 Å². The van der Waals surface area contributed by atoms with Crippen LogP contribution in [0.25, 0.3) is 55.9 Å². The average molecular weight is 899 g/mol. The van der Waals surface area contributed by atoms with E-state index in [9.17, 15) is 0 Å². The van der Waals surface area contributed by atoms with Gasteiger partial charge in [-0.3, -0.25) is 0 Å². The Morgan fingerprint density at radius 1 is 0.600 bits per heavy atom. The second-order valence-electron chi connectivity index (χ2n) is 15.1. The summed E-state index contributed by atoms with van der Waals surface area (Å²) in [7, 11) is 0. The molecule has 1 fully saturated rings. The van der Waals surface area contributed by atoms with E-state index in [1.165, 1.54) is 61.2 Å². The second kappa shape index (κ2) is 16.8. The molecule has 1 aliphatic carbocycles. The van der Waals surface area contributed by atoms with Crippen LogP contribution < -0.4 is 0 Å². The molecule has 0 N–H and O–H groups in total. The van der Waals surface area contributed by atoms with Gasteiger partial charge < -0.3 is 9.97 Å². The minimum Gasteiger partial charge on any atom is -0.304 e. The van der Waals surface area contributed by atoms with Crippen LogP contribution in [-0.2, 0) is 38.4 Å². The standard InChI is InChI=1S/C52H48N2.Ir/c1-36-12-27-50(53-34-36)43-17-15-39(16-18-43)13-14-40-30-37(2)31-45(32-40)48-11-7-6-10-47(48)41-19-21-44(22-20-41)51-33-49(38(3)35-54-51)42-23-25-46(26-24-42)52(4)28-8-5-9-29-52;/h6-7,10-12,15-17,19-21,23-27,30-35H,5,8-9,13-14,28-29H2,1-4H3;/q-2;/i1D3,3D3;. The minimum atomic E-state index is -2.30. The van der Waals surface area contributed by atoms with Crippen LogP contribution in [0.1, 0.15) is 80.6 Å². The number of benzene rings is 5. The Morgan fingerprint density at radius 2 is 1.31 bits per heavy atom. The maximum atomic E-state index is 8.30. The Hall–Kier alpha value is -4.95. The average Bonchev–Trinajstić information content (AvgIpc) is 3.25. The van der Waals surface area contributed by atoms with Crippen LogP contribution in [-0.4, -0.2) is 9.97 Å². The Bertz CT molecular complexity index is 2590. The van der Waals surface area contributed by atoms with Gasteiger partial charge in [0.15, 0.2) is 0 Å². The van der Waals surface area contributed by atoms with Crippen molar-refractivity contribution < 1.29 is 28.3 Å². The third kappa shape index (κ3) is 8.65. The first kappa shape index (κ1) is 31.3. The van der Waals surface area contributed by atoms with Crippen LogP contribution in [0.3, 0.4) is 0 Å². The van der Waals surface area contributed by atoms with Crippen molar-refractivity contribution in [1.29, 1.82) is 0 Å². The van der Waals surface area contributed by atoms with Crippen molar-refractivity contribution in [2.45, 2.75) is 77.9 Å². The zero-order chi connectivity index (χ0) is 42.1. The summed E-state index contributed by atoms with van der Waals surface area (Å²) in [6.07, 6.45) is 10.8. The van der Waals surface area contributed by atoms with E-state index in [2.05, 4.69) is 115 Å². The van der Waals surface area contributed by atoms with Crippen molar-refractivity contribution in [3.63, 3.8) is 0 Å². The van der Waals surface area contributed by atoms with E-state index < -0.39 is 13.7 Å². The topological polar surface area (TPSA) is 25.8 Å². The first-order valence-corrected chi connectivity index (χ1v) is 19.1. The molecule has 0 saturated heterocycles. The summed E-state index contributed by atoms with van der Waals surface area (Å²) >= 11 is 0. The van der Waals surface area contributed by atoms with Crippen LogP contribution in [0, 0.1) is 32.8 Å². The van der Waals surface area contributed by atoms with E-state index in [1.54, 1.807) is 12.1 Å². The van der Waals surface area contributed by atoms with Gasteiger partial charge in [0.1, 0.15) is 0 Å². The van der Waals surface area contributed by atoms with E-state index >= 15 is 0 Å². The summed E-state index contributed by atoms with van der Waals surface area (Å²) in [5.74, 6) is 0. The van der Waals surface area contributed by atoms with Gasteiger partial charge in [-0.25, -0.2) is 0 Å². The molecule has 5 aromatic carbocycles. The molecule has 55 heavy (non-hydrogen) atoms. The molecule has 2 aromatic heterocycles. The molecule has 8 rings (SSSR count). The van der Waals surface area contributed by atoms with Gasteiger partial charge in [0, 0.05) is 40.7 Å². The Balaban J connectivity index is 0.00000561. The second-order valence-corrected chi connectivity index (χ2v) is 15.1. The van der Waals surface area contributed by atoms with Gasteiger partial charge in [0.25, 0.3) is 0 Å². The molecule has 0 bridgehead atoms. The number of rotatable bonds is 9. The zero-order valence-electron chi connectivity index (χ0n) is 37.4. The maximum Gasteiger partial charge on any atom is 0.0280 e. The van der Waals surface area contributed by atoms with Crippen molar-refractivity contribution in [1.82, 2.24) is 9.97 Å². The van der Waals surface area contributed by atoms with Crippen molar-refractivity contribution in [3.8, 4) is 55.9 Å². The molecule has 2 nitrogen and oxygen atoms in total. The van der Waals surface area contributed by atoms with E-state index in [4.69, 9.17) is 8.22 Å². The van der Waals surface area contributed by atoms with Gasteiger partial charge in [-0.1, -0.05) is 134 Å². The first-order valence-electron chi connectivity index (χ1n) is 22.1. The van der Waals surface area contributed by atoms with Crippen molar-refractivity contribution in [3.05, 3.63) is 179 Å². The molecular weight excluding hydrogens is 845 g/mol. The summed E-state index contributed by atoms with van der Waals surface area (Å²) in [5, 5.41) is 0. The van der Waals surface area contributed by atoms with Crippen molar-refractivity contribution in [2.24, 2.45) is 0 Å². The third-order valence-corrected chi connectivity index (χ3v) is 11.1. The summed E-state index contributed by atoms with van der Waals surface area (Å²) in [4.78, 5) is 9.00. The van der Waals surface area contributed by atoms with Gasteiger partial charge in [0.05, 0.1) is 0 Å².